The number of thioether (sulfide) groups is 1. The summed E-state index contributed by atoms with van der Waals surface area (Å²) in [5.41, 5.74) is 3.17. The Hall–Kier alpha value is -2.75. The highest BCUT2D eigenvalue weighted by Gasteiger charge is 2.22. The quantitative estimate of drug-likeness (QED) is 0.517. The normalized spacial score (nSPS) is 12.3. The van der Waals surface area contributed by atoms with Crippen molar-refractivity contribution >= 4 is 23.4 Å². The van der Waals surface area contributed by atoms with E-state index in [1.54, 1.807) is 23.9 Å². The molecule has 0 fully saturated rings. The van der Waals surface area contributed by atoms with Gasteiger partial charge in [0, 0.05) is 7.05 Å². The number of nitrogens with one attached hydrogen (secondary N) is 1. The van der Waals surface area contributed by atoms with Crippen LogP contribution in [0, 0.1) is 20.8 Å². The molecular weight excluding hydrogens is 354 g/mol. The number of aryl methyl sites for hydroxylation is 3. The molecule has 1 unspecified atom stereocenters. The van der Waals surface area contributed by atoms with Gasteiger partial charge in [-0.2, -0.15) is 5.10 Å². The molecule has 0 saturated heterocycles. The smallest absolute Gasteiger partial charge is 0.237 e. The molecule has 0 spiro atoms. The highest BCUT2D eigenvalue weighted by Crippen LogP contribution is 2.28. The minimum Gasteiger partial charge on any atom is -0.469 e. The summed E-state index contributed by atoms with van der Waals surface area (Å²) in [6, 6.07) is 1.78. The zero-order valence-corrected chi connectivity index (χ0v) is 16.1. The number of carbonyl (C=O) groups excluding carboxylic acids is 1. The Bertz CT molecular complexity index is 956. The Morgan fingerprint density at radius 1 is 1.35 bits per heavy atom. The van der Waals surface area contributed by atoms with Crippen LogP contribution in [0.2, 0.25) is 0 Å². The van der Waals surface area contributed by atoms with Crippen LogP contribution in [-0.4, -0.2) is 35.8 Å². The van der Waals surface area contributed by atoms with Gasteiger partial charge in [0.25, 0.3) is 0 Å². The van der Waals surface area contributed by atoms with Crippen LogP contribution in [0.25, 0.3) is 11.4 Å². The van der Waals surface area contributed by atoms with Gasteiger partial charge in [-0.15, -0.1) is 10.2 Å². The molecule has 0 aromatic carbocycles. The molecule has 3 N–H and O–H groups in total. The number of hydrogen-bond acceptors (Lipinski definition) is 7. The second kappa shape index (κ2) is 6.87. The van der Waals surface area contributed by atoms with Gasteiger partial charge < -0.3 is 15.6 Å². The number of aromatic nitrogens is 5. The van der Waals surface area contributed by atoms with Crippen molar-refractivity contribution in [3.8, 4) is 11.4 Å². The molecule has 3 heterocycles. The van der Waals surface area contributed by atoms with Gasteiger partial charge in [0.2, 0.25) is 11.1 Å². The van der Waals surface area contributed by atoms with Crippen molar-refractivity contribution in [1.29, 1.82) is 0 Å². The lowest BCUT2D eigenvalue weighted by atomic mass is 10.2. The van der Waals surface area contributed by atoms with E-state index >= 15 is 0 Å². The van der Waals surface area contributed by atoms with E-state index in [1.807, 2.05) is 27.8 Å². The average Bonchev–Trinajstić information content (AvgIpc) is 3.23. The second-order valence-electron chi connectivity index (χ2n) is 5.99. The maximum atomic E-state index is 12.5. The molecular formula is C16H21N7O2S. The van der Waals surface area contributed by atoms with Crippen LogP contribution in [0.15, 0.2) is 21.9 Å². The Morgan fingerprint density at radius 2 is 2.08 bits per heavy atom. The summed E-state index contributed by atoms with van der Waals surface area (Å²) in [5.74, 6) is 7.14. The molecule has 3 aromatic heterocycles. The fourth-order valence-electron chi connectivity index (χ4n) is 2.55. The molecule has 3 aromatic rings. The van der Waals surface area contributed by atoms with Crippen LogP contribution in [0.4, 0.5) is 5.69 Å². The van der Waals surface area contributed by atoms with Crippen molar-refractivity contribution in [3.05, 3.63) is 29.5 Å². The zero-order valence-electron chi connectivity index (χ0n) is 15.3. The molecule has 0 aliphatic heterocycles. The van der Waals surface area contributed by atoms with Crippen molar-refractivity contribution < 1.29 is 9.21 Å². The van der Waals surface area contributed by atoms with E-state index in [4.69, 9.17) is 10.3 Å². The Balaban J connectivity index is 1.74. The summed E-state index contributed by atoms with van der Waals surface area (Å²) < 4.78 is 8.38. The number of rotatable bonds is 5. The molecule has 0 saturated carbocycles. The van der Waals surface area contributed by atoms with Crippen LogP contribution >= 0.6 is 11.8 Å². The first-order valence-corrected chi connectivity index (χ1v) is 8.90. The largest absolute Gasteiger partial charge is 0.469 e. The van der Waals surface area contributed by atoms with Gasteiger partial charge in [-0.1, -0.05) is 11.8 Å². The predicted molar refractivity (Wildman–Crippen MR) is 99.2 cm³/mol. The monoisotopic (exact) mass is 375 g/mol. The highest BCUT2D eigenvalue weighted by molar-refractivity contribution is 8.00. The lowest BCUT2D eigenvalue weighted by Gasteiger charge is -2.11. The number of nitrogens with zero attached hydrogens (tertiary/aromatic N) is 5. The van der Waals surface area contributed by atoms with E-state index in [0.29, 0.717) is 16.7 Å². The third-order valence-electron chi connectivity index (χ3n) is 4.17. The predicted octanol–water partition coefficient (Wildman–Crippen LogP) is 2.03. The third kappa shape index (κ3) is 3.19. The molecule has 0 bridgehead atoms. The highest BCUT2D eigenvalue weighted by atomic mass is 32.2. The number of furan rings is 1. The van der Waals surface area contributed by atoms with E-state index < -0.39 is 5.25 Å². The molecule has 9 nitrogen and oxygen atoms in total. The summed E-state index contributed by atoms with van der Waals surface area (Å²) in [4.78, 5) is 12.5. The van der Waals surface area contributed by atoms with E-state index in [2.05, 4.69) is 20.6 Å². The van der Waals surface area contributed by atoms with Gasteiger partial charge in [0.15, 0.2) is 5.82 Å². The van der Waals surface area contributed by atoms with E-state index in [1.165, 1.54) is 16.4 Å². The van der Waals surface area contributed by atoms with Crippen LogP contribution in [0.5, 0.6) is 0 Å². The third-order valence-corrected chi connectivity index (χ3v) is 5.23. The molecule has 0 aliphatic carbocycles. The van der Waals surface area contributed by atoms with Crippen LogP contribution in [0.3, 0.4) is 0 Å². The molecule has 138 valence electrons. The molecule has 1 amide bonds. The van der Waals surface area contributed by atoms with Gasteiger partial charge in [0.1, 0.15) is 5.76 Å². The maximum absolute atomic E-state index is 12.5. The number of anilines is 1. The first kappa shape index (κ1) is 18.1. The summed E-state index contributed by atoms with van der Waals surface area (Å²) >= 11 is 1.23. The van der Waals surface area contributed by atoms with E-state index in [0.717, 1.165) is 22.6 Å². The van der Waals surface area contributed by atoms with Gasteiger partial charge in [-0.05, 0) is 33.8 Å². The topological polar surface area (TPSA) is 117 Å². The maximum Gasteiger partial charge on any atom is 0.237 e. The number of hydrogen-bond donors (Lipinski definition) is 2. The lowest BCUT2D eigenvalue weighted by molar-refractivity contribution is -0.115. The second-order valence-corrected chi connectivity index (χ2v) is 7.29. The van der Waals surface area contributed by atoms with Crippen molar-refractivity contribution in [2.75, 3.05) is 11.2 Å². The van der Waals surface area contributed by atoms with Crippen molar-refractivity contribution in [2.24, 2.45) is 7.05 Å². The average molecular weight is 375 g/mol. The SMILES string of the molecule is Cc1nn(C)c(C)c1NC(=O)C(C)Sc1nnc(-c2ccoc2C)n1N. The van der Waals surface area contributed by atoms with E-state index in [-0.39, 0.29) is 5.91 Å². The van der Waals surface area contributed by atoms with Gasteiger partial charge in [0.05, 0.1) is 34.2 Å². The van der Waals surface area contributed by atoms with Crippen LogP contribution in [-0.2, 0) is 11.8 Å². The van der Waals surface area contributed by atoms with Gasteiger partial charge >= 0.3 is 0 Å². The van der Waals surface area contributed by atoms with Crippen molar-refractivity contribution in [2.45, 2.75) is 38.1 Å². The number of carbonyl (C=O) groups is 1. The van der Waals surface area contributed by atoms with E-state index in [9.17, 15) is 4.79 Å². The van der Waals surface area contributed by atoms with Crippen molar-refractivity contribution in [3.63, 3.8) is 0 Å². The molecule has 0 radical (unpaired) electrons. The molecule has 3 rings (SSSR count). The summed E-state index contributed by atoms with van der Waals surface area (Å²) in [5, 5.41) is 15.5. The van der Waals surface area contributed by atoms with Gasteiger partial charge in [-0.25, -0.2) is 4.68 Å². The fraction of sp³-hybridized carbons (Fsp3) is 0.375. The lowest BCUT2D eigenvalue weighted by Crippen LogP contribution is -2.24. The Kier molecular flexibility index (Phi) is 4.77. The summed E-state index contributed by atoms with van der Waals surface area (Å²) in [6.07, 6.45) is 1.57. The minimum absolute atomic E-state index is 0.154. The Labute approximate surface area is 154 Å². The zero-order chi connectivity index (χ0) is 19.0. The first-order valence-electron chi connectivity index (χ1n) is 8.02. The minimum atomic E-state index is -0.418. The number of nitrogen functional groups attached to an aromatic ring is 1. The fourth-order valence-corrected chi connectivity index (χ4v) is 3.32. The molecule has 1 atom stereocenters. The van der Waals surface area contributed by atoms with Gasteiger partial charge in [-0.3, -0.25) is 9.48 Å². The van der Waals surface area contributed by atoms with Crippen LogP contribution in [0.1, 0.15) is 24.1 Å². The first-order chi connectivity index (χ1) is 12.3. The summed E-state index contributed by atoms with van der Waals surface area (Å²) in [7, 11) is 1.84. The van der Waals surface area contributed by atoms with Crippen molar-refractivity contribution in [1.82, 2.24) is 24.7 Å². The van der Waals surface area contributed by atoms with Crippen LogP contribution < -0.4 is 11.2 Å². The summed E-state index contributed by atoms with van der Waals surface area (Å²) in [6.45, 7) is 7.38. The Morgan fingerprint density at radius 3 is 2.65 bits per heavy atom. The number of nitrogens with two attached hydrogens (primary N) is 1. The number of amides is 1. The molecule has 26 heavy (non-hydrogen) atoms. The molecule has 10 heteroatoms. The standard InChI is InChI=1S/C16H21N7O2S/c1-8-13(9(2)22(5)21-8)18-15(24)11(4)26-16-20-19-14(23(16)17)12-6-7-25-10(12)3/h6-7,11H,17H2,1-5H3,(H,18,24). The molecule has 0 aliphatic rings.